The van der Waals surface area contributed by atoms with Gasteiger partial charge in [-0.3, -0.25) is 4.98 Å². The zero-order valence-corrected chi connectivity index (χ0v) is 11.2. The van der Waals surface area contributed by atoms with Crippen LogP contribution in [0.25, 0.3) is 0 Å². The summed E-state index contributed by atoms with van der Waals surface area (Å²) in [5.74, 6) is 0.781. The Morgan fingerprint density at radius 2 is 2.11 bits per heavy atom. The maximum absolute atomic E-state index is 6.11. The Balaban J connectivity index is 2.07. The lowest BCUT2D eigenvalue weighted by Crippen LogP contribution is -2.01. The van der Waals surface area contributed by atoms with Crippen LogP contribution in [-0.4, -0.2) is 12.1 Å². The first-order valence-corrected chi connectivity index (χ1v) is 6.06. The third-order valence-corrected chi connectivity index (χ3v) is 2.96. The number of hydrogen-bond donors (Lipinski definition) is 1. The summed E-state index contributed by atoms with van der Waals surface area (Å²) in [7, 11) is 1.64. The van der Waals surface area contributed by atoms with Crippen LogP contribution in [0.2, 0.25) is 5.02 Å². The van der Waals surface area contributed by atoms with Crippen molar-refractivity contribution in [2.75, 3.05) is 12.4 Å². The van der Waals surface area contributed by atoms with Crippen molar-refractivity contribution in [3.63, 3.8) is 0 Å². The number of anilines is 1. The number of aryl methyl sites for hydroxylation is 1. The molecule has 3 nitrogen and oxygen atoms in total. The van der Waals surface area contributed by atoms with Gasteiger partial charge in [0, 0.05) is 24.5 Å². The van der Waals surface area contributed by atoms with Gasteiger partial charge in [0.25, 0.3) is 0 Å². The molecule has 1 N–H and O–H groups in total. The van der Waals surface area contributed by atoms with Gasteiger partial charge in [0.15, 0.2) is 0 Å². The van der Waals surface area contributed by atoms with Gasteiger partial charge in [-0.15, -0.1) is 0 Å². The molecule has 0 bridgehead atoms. The van der Waals surface area contributed by atoms with Crippen LogP contribution in [0.1, 0.15) is 11.3 Å². The molecule has 0 aliphatic heterocycles. The standard InChI is InChI=1S/C14H15ClN2O/c1-10-3-4-11(8-16-10)9-17-14-7-12(18-2)5-6-13(14)15/h3-8,17H,9H2,1-2H3. The quantitative estimate of drug-likeness (QED) is 0.913. The molecule has 1 heterocycles. The van der Waals surface area contributed by atoms with Crippen molar-refractivity contribution in [1.82, 2.24) is 4.98 Å². The number of nitrogens with zero attached hydrogens (tertiary/aromatic N) is 1. The highest BCUT2D eigenvalue weighted by Gasteiger charge is 2.02. The molecule has 94 valence electrons. The van der Waals surface area contributed by atoms with Crippen LogP contribution < -0.4 is 10.1 Å². The minimum atomic E-state index is 0.677. The first-order valence-electron chi connectivity index (χ1n) is 5.68. The van der Waals surface area contributed by atoms with Crippen molar-refractivity contribution in [3.05, 3.63) is 52.8 Å². The molecule has 2 aromatic rings. The molecule has 0 unspecified atom stereocenters. The number of methoxy groups -OCH3 is 1. The Morgan fingerprint density at radius 3 is 2.78 bits per heavy atom. The normalized spacial score (nSPS) is 10.2. The molecule has 0 radical (unpaired) electrons. The number of benzene rings is 1. The molecule has 0 aliphatic rings. The van der Waals surface area contributed by atoms with Gasteiger partial charge in [0.2, 0.25) is 0 Å². The maximum Gasteiger partial charge on any atom is 0.121 e. The molecule has 1 aromatic heterocycles. The Hall–Kier alpha value is -1.74. The van der Waals surface area contributed by atoms with Crippen LogP contribution in [0.3, 0.4) is 0 Å². The highest BCUT2D eigenvalue weighted by atomic mass is 35.5. The minimum absolute atomic E-state index is 0.677. The Bertz CT molecular complexity index is 526. The largest absolute Gasteiger partial charge is 0.497 e. The summed E-state index contributed by atoms with van der Waals surface area (Å²) in [5.41, 5.74) is 2.98. The van der Waals surface area contributed by atoms with Crippen LogP contribution in [-0.2, 0) is 6.54 Å². The lowest BCUT2D eigenvalue weighted by molar-refractivity contribution is 0.415. The fourth-order valence-corrected chi connectivity index (χ4v) is 1.75. The lowest BCUT2D eigenvalue weighted by Gasteiger charge is -2.10. The fourth-order valence-electron chi connectivity index (χ4n) is 1.57. The number of rotatable bonds is 4. The Kier molecular flexibility index (Phi) is 4.05. The van der Waals surface area contributed by atoms with Gasteiger partial charge in [0.1, 0.15) is 5.75 Å². The molecule has 18 heavy (non-hydrogen) atoms. The molecule has 4 heteroatoms. The summed E-state index contributed by atoms with van der Waals surface area (Å²) in [6.07, 6.45) is 1.86. The SMILES string of the molecule is COc1ccc(Cl)c(NCc2ccc(C)nc2)c1. The Labute approximate surface area is 112 Å². The predicted octanol–water partition coefficient (Wildman–Crippen LogP) is 3.66. The summed E-state index contributed by atoms with van der Waals surface area (Å²) >= 11 is 6.11. The third-order valence-electron chi connectivity index (χ3n) is 2.63. The summed E-state index contributed by atoms with van der Waals surface area (Å²) in [6.45, 7) is 2.65. The zero-order chi connectivity index (χ0) is 13.0. The second-order valence-electron chi connectivity index (χ2n) is 4.01. The number of hydrogen-bond acceptors (Lipinski definition) is 3. The van der Waals surface area contributed by atoms with Crippen molar-refractivity contribution in [2.24, 2.45) is 0 Å². The van der Waals surface area contributed by atoms with Gasteiger partial charge >= 0.3 is 0 Å². The van der Waals surface area contributed by atoms with Gasteiger partial charge in [0.05, 0.1) is 17.8 Å². The summed E-state index contributed by atoms with van der Waals surface area (Å²) < 4.78 is 5.17. The molecular weight excluding hydrogens is 248 g/mol. The predicted molar refractivity (Wildman–Crippen MR) is 74.3 cm³/mol. The van der Waals surface area contributed by atoms with Crippen molar-refractivity contribution in [3.8, 4) is 5.75 Å². The molecule has 1 aromatic carbocycles. The molecule has 0 fully saturated rings. The van der Waals surface area contributed by atoms with Crippen molar-refractivity contribution < 1.29 is 4.74 Å². The molecule has 0 amide bonds. The summed E-state index contributed by atoms with van der Waals surface area (Å²) in [4.78, 5) is 4.25. The van der Waals surface area contributed by atoms with Gasteiger partial charge in [-0.2, -0.15) is 0 Å². The van der Waals surface area contributed by atoms with Gasteiger partial charge in [-0.25, -0.2) is 0 Å². The van der Waals surface area contributed by atoms with E-state index >= 15 is 0 Å². The molecule has 0 aliphatic carbocycles. The second-order valence-corrected chi connectivity index (χ2v) is 4.41. The van der Waals surface area contributed by atoms with E-state index in [1.54, 1.807) is 7.11 Å². The van der Waals surface area contributed by atoms with Crippen molar-refractivity contribution in [1.29, 1.82) is 0 Å². The molecule has 0 saturated heterocycles. The molecule has 2 rings (SSSR count). The minimum Gasteiger partial charge on any atom is -0.497 e. The van der Waals surface area contributed by atoms with E-state index in [1.807, 2.05) is 43.5 Å². The zero-order valence-electron chi connectivity index (χ0n) is 10.4. The number of aromatic nitrogens is 1. The fraction of sp³-hybridized carbons (Fsp3) is 0.214. The average molecular weight is 263 g/mol. The number of pyridine rings is 1. The van der Waals surface area contributed by atoms with Crippen LogP contribution in [0.15, 0.2) is 36.5 Å². The molecule has 0 atom stereocenters. The van der Waals surface area contributed by atoms with E-state index in [0.29, 0.717) is 11.6 Å². The van der Waals surface area contributed by atoms with E-state index < -0.39 is 0 Å². The van der Waals surface area contributed by atoms with Crippen molar-refractivity contribution >= 4 is 17.3 Å². The molecule has 0 saturated carbocycles. The van der Waals surface area contributed by atoms with Crippen LogP contribution in [0, 0.1) is 6.92 Å². The van der Waals surface area contributed by atoms with Crippen LogP contribution in [0.4, 0.5) is 5.69 Å². The topological polar surface area (TPSA) is 34.1 Å². The Morgan fingerprint density at radius 1 is 1.28 bits per heavy atom. The first kappa shape index (κ1) is 12.7. The number of nitrogens with one attached hydrogen (secondary N) is 1. The third kappa shape index (κ3) is 3.14. The molecule has 0 spiro atoms. The highest BCUT2D eigenvalue weighted by Crippen LogP contribution is 2.26. The smallest absolute Gasteiger partial charge is 0.121 e. The number of halogens is 1. The van der Waals surface area contributed by atoms with Crippen LogP contribution in [0.5, 0.6) is 5.75 Å². The van der Waals surface area contributed by atoms with E-state index in [1.165, 1.54) is 0 Å². The van der Waals surface area contributed by atoms with E-state index in [4.69, 9.17) is 16.3 Å². The second kappa shape index (κ2) is 5.74. The average Bonchev–Trinajstić information content (AvgIpc) is 2.40. The van der Waals surface area contributed by atoms with Gasteiger partial charge < -0.3 is 10.1 Å². The van der Waals surface area contributed by atoms with E-state index in [-0.39, 0.29) is 0 Å². The highest BCUT2D eigenvalue weighted by molar-refractivity contribution is 6.33. The van der Waals surface area contributed by atoms with Gasteiger partial charge in [-0.05, 0) is 30.7 Å². The molecular formula is C14H15ClN2O. The summed E-state index contributed by atoms with van der Waals surface area (Å²) in [6, 6.07) is 9.56. The van der Waals surface area contributed by atoms with Crippen molar-refractivity contribution in [2.45, 2.75) is 13.5 Å². The summed E-state index contributed by atoms with van der Waals surface area (Å²) in [5, 5.41) is 3.95. The maximum atomic E-state index is 6.11. The lowest BCUT2D eigenvalue weighted by atomic mass is 10.2. The van der Waals surface area contributed by atoms with E-state index in [2.05, 4.69) is 10.3 Å². The van der Waals surface area contributed by atoms with Gasteiger partial charge in [-0.1, -0.05) is 17.7 Å². The van der Waals surface area contributed by atoms with E-state index in [9.17, 15) is 0 Å². The number of ether oxygens (including phenoxy) is 1. The van der Waals surface area contributed by atoms with Crippen LogP contribution >= 0.6 is 11.6 Å². The van der Waals surface area contributed by atoms with E-state index in [0.717, 1.165) is 22.7 Å². The monoisotopic (exact) mass is 262 g/mol. The first-order chi connectivity index (χ1) is 8.69.